The van der Waals surface area contributed by atoms with Crippen molar-refractivity contribution in [3.63, 3.8) is 0 Å². The highest BCUT2D eigenvalue weighted by atomic mass is 35.5. The summed E-state index contributed by atoms with van der Waals surface area (Å²) < 4.78 is 7.34. The van der Waals surface area contributed by atoms with Crippen LogP contribution in [0.15, 0.2) is 54.9 Å². The average Bonchev–Trinajstić information content (AvgIpc) is 3.46. The van der Waals surface area contributed by atoms with Crippen LogP contribution in [0.3, 0.4) is 0 Å². The van der Waals surface area contributed by atoms with Gasteiger partial charge in [0.05, 0.1) is 47.3 Å². The van der Waals surface area contributed by atoms with E-state index in [1.165, 1.54) is 0 Å². The second-order valence-corrected chi connectivity index (χ2v) is 12.4. The van der Waals surface area contributed by atoms with Gasteiger partial charge in [-0.15, -0.1) is 5.10 Å². The van der Waals surface area contributed by atoms with E-state index in [9.17, 15) is 5.26 Å². The van der Waals surface area contributed by atoms with Gasteiger partial charge in [0, 0.05) is 48.4 Å². The Morgan fingerprint density at radius 1 is 1.14 bits per heavy atom. The number of nitrogens with one attached hydrogen (secondary N) is 2. The normalized spacial score (nSPS) is 16.2. The predicted molar refractivity (Wildman–Crippen MR) is 168 cm³/mol. The molecule has 2 aromatic carbocycles. The number of piperidine rings is 1. The lowest BCUT2D eigenvalue weighted by Gasteiger charge is -2.40. The van der Waals surface area contributed by atoms with Crippen LogP contribution >= 0.6 is 11.6 Å². The summed E-state index contributed by atoms with van der Waals surface area (Å²) in [6.45, 7) is 11.4. The second-order valence-electron chi connectivity index (χ2n) is 12.0. The maximum atomic E-state index is 9.84. The van der Waals surface area contributed by atoms with E-state index in [0.29, 0.717) is 34.4 Å². The van der Waals surface area contributed by atoms with E-state index in [1.807, 2.05) is 41.9 Å². The summed E-state index contributed by atoms with van der Waals surface area (Å²) in [5.74, 6) is 0. The molecule has 0 spiro atoms. The zero-order valence-electron chi connectivity index (χ0n) is 24.9. The van der Waals surface area contributed by atoms with E-state index >= 15 is 0 Å². The number of benzene rings is 2. The molecule has 0 aliphatic carbocycles. The average molecular weight is 587 g/mol. The van der Waals surface area contributed by atoms with E-state index in [0.717, 1.165) is 48.3 Å². The van der Waals surface area contributed by atoms with Crippen LogP contribution in [0.5, 0.6) is 0 Å². The van der Waals surface area contributed by atoms with Crippen molar-refractivity contribution in [3.8, 4) is 6.07 Å². The summed E-state index contributed by atoms with van der Waals surface area (Å²) >= 11 is 6.67. The summed E-state index contributed by atoms with van der Waals surface area (Å²) in [5.41, 5.74) is 4.59. The Balaban J connectivity index is 1.50. The molecule has 0 unspecified atom stereocenters. The fraction of sp³-hybridized carbons (Fsp3) is 0.438. The minimum absolute atomic E-state index is 0.0227. The number of hydrogen-bond acceptors (Lipinski definition) is 8. The van der Waals surface area contributed by atoms with Gasteiger partial charge in [0.25, 0.3) is 0 Å². The van der Waals surface area contributed by atoms with Gasteiger partial charge in [0.2, 0.25) is 0 Å². The van der Waals surface area contributed by atoms with Crippen LogP contribution in [-0.2, 0) is 4.74 Å². The topological polar surface area (TPSA) is 104 Å². The highest BCUT2D eigenvalue weighted by Gasteiger charge is 2.29. The fourth-order valence-corrected chi connectivity index (χ4v) is 5.91. The van der Waals surface area contributed by atoms with Crippen LogP contribution in [0, 0.1) is 11.3 Å². The lowest BCUT2D eigenvalue weighted by Crippen LogP contribution is -2.46. The van der Waals surface area contributed by atoms with Crippen molar-refractivity contribution >= 4 is 33.9 Å². The number of nitriles is 1. The Bertz CT molecular complexity index is 1550. The first-order chi connectivity index (χ1) is 20.2. The quantitative estimate of drug-likeness (QED) is 0.231. The van der Waals surface area contributed by atoms with Gasteiger partial charge < -0.3 is 15.4 Å². The molecule has 0 bridgehead atoms. The van der Waals surface area contributed by atoms with Gasteiger partial charge in [0.15, 0.2) is 0 Å². The first-order valence-corrected chi connectivity index (χ1v) is 14.8. The van der Waals surface area contributed by atoms with E-state index < -0.39 is 0 Å². The predicted octanol–water partition coefficient (Wildman–Crippen LogP) is 6.44. The number of ether oxygens (including phenoxy) is 1. The molecule has 1 aliphatic rings. The maximum Gasteiger partial charge on any atom is 0.109 e. The zero-order valence-corrected chi connectivity index (χ0v) is 25.7. The van der Waals surface area contributed by atoms with E-state index in [1.54, 1.807) is 13.3 Å². The Kier molecular flexibility index (Phi) is 8.97. The second kappa shape index (κ2) is 12.7. The first kappa shape index (κ1) is 29.8. The zero-order chi connectivity index (χ0) is 29.9. The number of likely N-dealkylation sites (tertiary alicyclic amines) is 1. The third kappa shape index (κ3) is 6.51. The van der Waals surface area contributed by atoms with Crippen LogP contribution in [0.25, 0.3) is 10.9 Å². The molecule has 4 aromatic rings. The lowest BCUT2D eigenvalue weighted by molar-refractivity contribution is 0.0866. The number of anilines is 2. The standard InChI is InChI=1S/C32H39ClN8O/c1-21(20-42-5)36-29-23(17-34)18-35-31-26(29)15-24(33)16-27(31)37-30(22-9-7-6-8-10-22)28-19-41(39-38-28)25-11-13-40(14-12-25)32(2,3)4/h6-10,15-16,18-19,21,25,30,37H,11-14,20H2,1-5H3,(H,35,36)/t21-,30-/m0/s1. The molecule has 2 N–H and O–H groups in total. The molecule has 42 heavy (non-hydrogen) atoms. The first-order valence-electron chi connectivity index (χ1n) is 14.4. The molecular formula is C32H39ClN8O. The molecular weight excluding hydrogens is 548 g/mol. The molecule has 3 heterocycles. The Labute approximate surface area is 252 Å². The van der Waals surface area contributed by atoms with Gasteiger partial charge in [-0.25, -0.2) is 4.68 Å². The fourth-order valence-electron chi connectivity index (χ4n) is 5.69. The van der Waals surface area contributed by atoms with Crippen LogP contribution in [0.1, 0.15) is 69.4 Å². The van der Waals surface area contributed by atoms with Gasteiger partial charge in [-0.05, 0) is 58.2 Å². The van der Waals surface area contributed by atoms with Gasteiger partial charge >= 0.3 is 0 Å². The summed E-state index contributed by atoms with van der Waals surface area (Å²) in [7, 11) is 1.65. The van der Waals surface area contributed by atoms with Crippen molar-refractivity contribution in [3.05, 3.63) is 76.7 Å². The third-order valence-corrected chi connectivity index (χ3v) is 8.13. The molecule has 0 radical (unpaired) electrons. The number of rotatable bonds is 9. The molecule has 0 saturated carbocycles. The van der Waals surface area contributed by atoms with Gasteiger partial charge in [-0.3, -0.25) is 9.88 Å². The largest absolute Gasteiger partial charge is 0.383 e. The number of aromatic nitrogens is 4. The highest BCUT2D eigenvalue weighted by Crippen LogP contribution is 2.37. The molecule has 1 fully saturated rings. The molecule has 220 valence electrons. The summed E-state index contributed by atoms with van der Waals surface area (Å²) in [6.07, 6.45) is 5.73. The number of halogens is 1. The Morgan fingerprint density at radius 3 is 2.55 bits per heavy atom. The van der Waals surface area contributed by atoms with Crippen LogP contribution < -0.4 is 10.6 Å². The monoisotopic (exact) mass is 586 g/mol. The Morgan fingerprint density at radius 2 is 1.88 bits per heavy atom. The molecule has 2 atom stereocenters. The third-order valence-electron chi connectivity index (χ3n) is 7.91. The SMILES string of the molecule is COC[C@H](C)Nc1c(C#N)cnc2c(N[C@@H](c3ccccc3)c3cn(C4CCN(C(C)(C)C)CC4)nn3)cc(Cl)cc12. The van der Waals surface area contributed by atoms with Crippen molar-refractivity contribution in [1.29, 1.82) is 5.26 Å². The molecule has 1 aliphatic heterocycles. The number of fused-ring (bicyclic) bond motifs is 1. The van der Waals surface area contributed by atoms with Crippen LogP contribution in [0.2, 0.25) is 5.02 Å². The van der Waals surface area contributed by atoms with E-state index in [2.05, 4.69) is 71.0 Å². The molecule has 2 aromatic heterocycles. The summed E-state index contributed by atoms with van der Waals surface area (Å²) in [6, 6.07) is 16.1. The molecule has 0 amide bonds. The van der Waals surface area contributed by atoms with Crippen molar-refractivity contribution < 1.29 is 4.74 Å². The number of methoxy groups -OCH3 is 1. The molecule has 10 heteroatoms. The Hall–Kier alpha value is -3.71. The van der Waals surface area contributed by atoms with Gasteiger partial charge in [0.1, 0.15) is 11.8 Å². The van der Waals surface area contributed by atoms with Crippen molar-refractivity contribution in [2.45, 2.75) is 64.2 Å². The smallest absolute Gasteiger partial charge is 0.109 e. The minimum Gasteiger partial charge on any atom is -0.383 e. The molecule has 1 saturated heterocycles. The highest BCUT2D eigenvalue weighted by molar-refractivity contribution is 6.32. The van der Waals surface area contributed by atoms with Crippen molar-refractivity contribution in [1.82, 2.24) is 24.9 Å². The number of pyridine rings is 1. The molecule has 5 rings (SSSR count). The van der Waals surface area contributed by atoms with Crippen LogP contribution in [-0.4, -0.2) is 63.3 Å². The van der Waals surface area contributed by atoms with Gasteiger partial charge in [-0.2, -0.15) is 5.26 Å². The van der Waals surface area contributed by atoms with Gasteiger partial charge in [-0.1, -0.05) is 47.1 Å². The van der Waals surface area contributed by atoms with E-state index in [4.69, 9.17) is 21.3 Å². The maximum absolute atomic E-state index is 9.84. The minimum atomic E-state index is -0.294. The van der Waals surface area contributed by atoms with Crippen LogP contribution in [0.4, 0.5) is 11.4 Å². The van der Waals surface area contributed by atoms with Crippen molar-refractivity contribution in [2.75, 3.05) is 37.4 Å². The number of hydrogen-bond donors (Lipinski definition) is 2. The lowest BCUT2D eigenvalue weighted by atomic mass is 9.98. The number of nitrogens with zero attached hydrogens (tertiary/aromatic N) is 6. The molecule has 9 nitrogen and oxygen atoms in total. The summed E-state index contributed by atoms with van der Waals surface area (Å²) in [4.78, 5) is 7.22. The van der Waals surface area contributed by atoms with Crippen molar-refractivity contribution in [2.24, 2.45) is 0 Å². The van der Waals surface area contributed by atoms with E-state index in [-0.39, 0.29) is 17.6 Å². The summed E-state index contributed by atoms with van der Waals surface area (Å²) in [5, 5.41) is 27.5.